The first kappa shape index (κ1) is 26.9. The molecule has 0 unspecified atom stereocenters. The van der Waals surface area contributed by atoms with Crippen LogP contribution in [0.1, 0.15) is 85.0 Å². The van der Waals surface area contributed by atoms with E-state index in [0.29, 0.717) is 22.9 Å². The quantitative estimate of drug-likeness (QED) is 0.125. The maximum Gasteiger partial charge on any atom is 0.225 e. The molecule has 0 spiro atoms. The molecule has 34 heavy (non-hydrogen) atoms. The second kappa shape index (κ2) is 13.4. The molecule has 0 aliphatic carbocycles. The summed E-state index contributed by atoms with van der Waals surface area (Å²) in [6, 6.07) is 5.77. The van der Waals surface area contributed by atoms with E-state index >= 15 is 0 Å². The zero-order valence-electron chi connectivity index (χ0n) is 20.8. The Kier molecular flexibility index (Phi) is 10.6. The Labute approximate surface area is 214 Å². The predicted molar refractivity (Wildman–Crippen MR) is 142 cm³/mol. The summed E-state index contributed by atoms with van der Waals surface area (Å²) in [5.41, 5.74) is 2.83. The fraction of sp³-hybridized carbons (Fsp3) is 0.593. The van der Waals surface area contributed by atoms with Crippen LogP contribution in [0.3, 0.4) is 0 Å². The number of halogens is 2. The van der Waals surface area contributed by atoms with Crippen LogP contribution < -0.4 is 0 Å². The van der Waals surface area contributed by atoms with Gasteiger partial charge in [0.15, 0.2) is 0 Å². The van der Waals surface area contributed by atoms with Crippen LogP contribution in [-0.2, 0) is 11.5 Å². The standard InChI is InChI=1S/C27H38Cl2N4O/c1-27(2,3)16-12-9-7-5-4-6-8-10-14-18-34-20-33-19-21(22-15-11-13-17-30-22)23-24(28)31-26(29)32-25(23)33/h11,13,15,17,19H,4-10,12,14,16,18,20H2,1-3H3. The summed E-state index contributed by atoms with van der Waals surface area (Å²) in [5.74, 6) is 0. The summed E-state index contributed by atoms with van der Waals surface area (Å²) >= 11 is 12.5. The molecule has 3 aromatic rings. The summed E-state index contributed by atoms with van der Waals surface area (Å²) in [6.07, 6.45) is 16.8. The molecule has 0 fully saturated rings. The van der Waals surface area contributed by atoms with Gasteiger partial charge in [-0.1, -0.05) is 89.8 Å². The minimum absolute atomic E-state index is 0.124. The third-order valence-electron chi connectivity index (χ3n) is 6.03. The van der Waals surface area contributed by atoms with Crippen LogP contribution in [-0.4, -0.2) is 26.1 Å². The van der Waals surface area contributed by atoms with E-state index in [-0.39, 0.29) is 5.28 Å². The van der Waals surface area contributed by atoms with Gasteiger partial charge in [-0.2, -0.15) is 4.98 Å². The summed E-state index contributed by atoms with van der Waals surface area (Å²) in [6.45, 7) is 8.10. The van der Waals surface area contributed by atoms with E-state index < -0.39 is 0 Å². The minimum atomic E-state index is 0.124. The van der Waals surface area contributed by atoms with Crippen molar-refractivity contribution in [2.75, 3.05) is 6.61 Å². The second-order valence-electron chi connectivity index (χ2n) is 10.2. The topological polar surface area (TPSA) is 52.8 Å². The van der Waals surface area contributed by atoms with Gasteiger partial charge in [0.2, 0.25) is 5.28 Å². The average molecular weight is 506 g/mol. The average Bonchev–Trinajstić information content (AvgIpc) is 3.15. The molecule has 3 heterocycles. The molecule has 5 nitrogen and oxygen atoms in total. The number of nitrogens with zero attached hydrogens (tertiary/aromatic N) is 4. The molecule has 0 N–H and O–H groups in total. The Balaban J connectivity index is 1.37. The number of hydrogen-bond acceptors (Lipinski definition) is 4. The van der Waals surface area contributed by atoms with Crippen LogP contribution in [0, 0.1) is 5.41 Å². The number of unbranched alkanes of at least 4 members (excludes halogenated alkanes) is 8. The van der Waals surface area contributed by atoms with Gasteiger partial charge in [-0.25, -0.2) is 4.98 Å². The monoisotopic (exact) mass is 504 g/mol. The highest BCUT2D eigenvalue weighted by atomic mass is 35.5. The molecule has 3 aromatic heterocycles. The Morgan fingerprint density at radius 3 is 2.21 bits per heavy atom. The third kappa shape index (κ3) is 8.51. The lowest BCUT2D eigenvalue weighted by Gasteiger charge is -2.17. The van der Waals surface area contributed by atoms with Crippen molar-refractivity contribution in [2.24, 2.45) is 5.41 Å². The van der Waals surface area contributed by atoms with Crippen molar-refractivity contribution in [3.05, 3.63) is 41.0 Å². The van der Waals surface area contributed by atoms with Gasteiger partial charge < -0.3 is 9.30 Å². The van der Waals surface area contributed by atoms with Gasteiger partial charge in [0.05, 0.1) is 11.1 Å². The maximum absolute atomic E-state index is 6.41. The van der Waals surface area contributed by atoms with Crippen molar-refractivity contribution in [2.45, 2.75) is 91.7 Å². The molecule has 0 atom stereocenters. The number of rotatable bonds is 14. The zero-order chi connectivity index (χ0) is 24.4. The number of hydrogen-bond donors (Lipinski definition) is 0. The lowest BCUT2D eigenvalue weighted by Crippen LogP contribution is -2.04. The van der Waals surface area contributed by atoms with Crippen LogP contribution in [0.25, 0.3) is 22.3 Å². The summed E-state index contributed by atoms with van der Waals surface area (Å²) in [5, 5.41) is 1.19. The van der Waals surface area contributed by atoms with E-state index in [9.17, 15) is 0 Å². The number of aromatic nitrogens is 4. The Bertz CT molecular complexity index is 1010. The highest BCUT2D eigenvalue weighted by molar-refractivity contribution is 6.36. The molecule has 0 aliphatic rings. The van der Waals surface area contributed by atoms with Crippen molar-refractivity contribution >= 4 is 34.2 Å². The third-order valence-corrected chi connectivity index (χ3v) is 6.47. The Morgan fingerprint density at radius 1 is 0.882 bits per heavy atom. The molecule has 0 saturated carbocycles. The predicted octanol–water partition coefficient (Wildman–Crippen LogP) is 8.72. The zero-order valence-corrected chi connectivity index (χ0v) is 22.3. The number of pyridine rings is 1. The minimum Gasteiger partial charge on any atom is -0.361 e. The lowest BCUT2D eigenvalue weighted by atomic mass is 9.89. The molecule has 0 aliphatic heterocycles. The van der Waals surface area contributed by atoms with Crippen molar-refractivity contribution < 1.29 is 4.74 Å². The Hall–Kier alpha value is -1.69. The molecule has 3 rings (SSSR count). The van der Waals surface area contributed by atoms with Crippen LogP contribution in [0.5, 0.6) is 0 Å². The Morgan fingerprint density at radius 2 is 1.56 bits per heavy atom. The molecule has 0 bridgehead atoms. The van der Waals surface area contributed by atoms with Gasteiger partial charge in [-0.3, -0.25) is 4.98 Å². The van der Waals surface area contributed by atoms with Gasteiger partial charge in [0.25, 0.3) is 0 Å². The van der Waals surface area contributed by atoms with Crippen LogP contribution in [0.4, 0.5) is 0 Å². The molecule has 7 heteroatoms. The van der Waals surface area contributed by atoms with Gasteiger partial charge in [-0.05, 0) is 42.0 Å². The summed E-state index contributed by atoms with van der Waals surface area (Å²) in [4.78, 5) is 13.0. The molecule has 0 amide bonds. The van der Waals surface area contributed by atoms with Crippen LogP contribution in [0.15, 0.2) is 30.6 Å². The fourth-order valence-corrected chi connectivity index (χ4v) is 4.67. The lowest BCUT2D eigenvalue weighted by molar-refractivity contribution is 0.0763. The molecule has 0 saturated heterocycles. The maximum atomic E-state index is 6.41. The van der Waals surface area contributed by atoms with Crippen molar-refractivity contribution in [3.8, 4) is 11.3 Å². The molecule has 0 radical (unpaired) electrons. The van der Waals surface area contributed by atoms with Crippen molar-refractivity contribution in [3.63, 3.8) is 0 Å². The van der Waals surface area contributed by atoms with E-state index in [2.05, 4.69) is 35.7 Å². The van der Waals surface area contributed by atoms with E-state index in [0.717, 1.165) is 29.7 Å². The fourth-order valence-electron chi connectivity index (χ4n) is 4.19. The van der Waals surface area contributed by atoms with Crippen LogP contribution >= 0.6 is 23.2 Å². The smallest absolute Gasteiger partial charge is 0.225 e. The first-order valence-electron chi connectivity index (χ1n) is 12.6. The first-order chi connectivity index (χ1) is 16.3. The largest absolute Gasteiger partial charge is 0.361 e. The first-order valence-corrected chi connectivity index (χ1v) is 13.3. The molecule has 0 aromatic carbocycles. The van der Waals surface area contributed by atoms with Gasteiger partial charge in [0.1, 0.15) is 17.5 Å². The van der Waals surface area contributed by atoms with Crippen LogP contribution in [0.2, 0.25) is 10.4 Å². The highest BCUT2D eigenvalue weighted by Crippen LogP contribution is 2.33. The van der Waals surface area contributed by atoms with Crippen molar-refractivity contribution in [1.29, 1.82) is 0 Å². The van der Waals surface area contributed by atoms with E-state index in [1.165, 1.54) is 57.8 Å². The molecular weight excluding hydrogens is 467 g/mol. The summed E-state index contributed by atoms with van der Waals surface area (Å²) < 4.78 is 7.88. The normalized spacial score (nSPS) is 12.0. The molecular formula is C27H38Cl2N4O. The van der Waals surface area contributed by atoms with Crippen molar-refractivity contribution in [1.82, 2.24) is 19.5 Å². The number of fused-ring (bicyclic) bond motifs is 1. The highest BCUT2D eigenvalue weighted by Gasteiger charge is 2.17. The molecule has 186 valence electrons. The van der Waals surface area contributed by atoms with Gasteiger partial charge in [-0.15, -0.1) is 0 Å². The van der Waals surface area contributed by atoms with Gasteiger partial charge >= 0.3 is 0 Å². The van der Waals surface area contributed by atoms with E-state index in [4.69, 9.17) is 27.9 Å². The SMILES string of the molecule is CC(C)(C)CCCCCCCCCCCOCn1cc(-c2ccccn2)c2c(Cl)nc(Cl)nc21. The van der Waals surface area contributed by atoms with E-state index in [1.807, 2.05) is 29.0 Å². The second-order valence-corrected chi connectivity index (χ2v) is 10.9. The van der Waals surface area contributed by atoms with E-state index in [1.54, 1.807) is 6.20 Å². The summed E-state index contributed by atoms with van der Waals surface area (Å²) in [7, 11) is 0. The van der Waals surface area contributed by atoms with Gasteiger partial charge in [0, 0.05) is 24.6 Å². The number of ether oxygens (including phenoxy) is 1.